The number of carbonyl (C=O) groups is 1. The number of ether oxygens (including phenoxy) is 1. The summed E-state index contributed by atoms with van der Waals surface area (Å²) in [5, 5.41) is 3.07. The first-order chi connectivity index (χ1) is 10.4. The van der Waals surface area contributed by atoms with Crippen LogP contribution < -0.4 is 21.3 Å². The van der Waals surface area contributed by atoms with Crippen molar-refractivity contribution in [2.75, 3.05) is 12.4 Å². The lowest BCUT2D eigenvalue weighted by molar-refractivity contribution is -0.115. The van der Waals surface area contributed by atoms with Gasteiger partial charge in [0.05, 0.1) is 19.2 Å². The van der Waals surface area contributed by atoms with E-state index >= 15 is 0 Å². The smallest absolute Gasteiger partial charge is 0.325 e. The van der Waals surface area contributed by atoms with E-state index in [1.165, 1.54) is 7.11 Å². The molecule has 1 aromatic heterocycles. The van der Waals surface area contributed by atoms with Crippen molar-refractivity contribution >= 4 is 23.2 Å². The van der Waals surface area contributed by atoms with Gasteiger partial charge in [0.1, 0.15) is 5.75 Å². The fourth-order valence-electron chi connectivity index (χ4n) is 1.97. The molecule has 0 saturated carbocycles. The van der Waals surface area contributed by atoms with Crippen LogP contribution in [0, 0.1) is 6.92 Å². The number of methoxy groups -OCH3 is 1. The van der Waals surface area contributed by atoms with Crippen LogP contribution in [0.4, 0.5) is 5.69 Å². The largest absolute Gasteiger partial charge is 0.495 e. The Morgan fingerprint density at radius 3 is 2.68 bits per heavy atom. The van der Waals surface area contributed by atoms with Crippen molar-refractivity contribution in [2.45, 2.75) is 13.3 Å². The Morgan fingerprint density at radius 1 is 1.32 bits per heavy atom. The third kappa shape index (κ3) is 3.56. The minimum Gasteiger partial charge on any atom is -0.495 e. The monoisotopic (exact) mass is 323 g/mol. The van der Waals surface area contributed by atoms with E-state index in [9.17, 15) is 14.4 Å². The summed E-state index contributed by atoms with van der Waals surface area (Å²) in [5.41, 5.74) is -0.254. The summed E-state index contributed by atoms with van der Waals surface area (Å²) in [6.07, 6.45) is -0.187. The Kier molecular flexibility index (Phi) is 4.67. The van der Waals surface area contributed by atoms with Gasteiger partial charge in [0.2, 0.25) is 5.91 Å². The molecule has 2 aromatic rings. The lowest BCUT2D eigenvalue weighted by Crippen LogP contribution is -2.29. The number of anilines is 1. The van der Waals surface area contributed by atoms with Crippen molar-refractivity contribution in [3.63, 3.8) is 0 Å². The molecule has 3 N–H and O–H groups in total. The minimum atomic E-state index is -0.608. The van der Waals surface area contributed by atoms with Crippen LogP contribution >= 0.6 is 11.6 Å². The highest BCUT2D eigenvalue weighted by atomic mass is 35.5. The van der Waals surface area contributed by atoms with Crippen molar-refractivity contribution in [1.82, 2.24) is 9.97 Å². The molecule has 0 aliphatic carbocycles. The predicted octanol–water partition coefficient (Wildman–Crippen LogP) is 1.21. The quantitative estimate of drug-likeness (QED) is 0.786. The van der Waals surface area contributed by atoms with Crippen LogP contribution in [0.3, 0.4) is 0 Å². The molecule has 1 amide bonds. The van der Waals surface area contributed by atoms with Crippen molar-refractivity contribution in [2.24, 2.45) is 0 Å². The maximum atomic E-state index is 12.1. The molecule has 22 heavy (non-hydrogen) atoms. The van der Waals surface area contributed by atoms with Crippen molar-refractivity contribution < 1.29 is 9.53 Å². The second-order valence-corrected chi connectivity index (χ2v) is 5.02. The number of halogens is 1. The van der Waals surface area contributed by atoms with Crippen LogP contribution in [0.25, 0.3) is 0 Å². The molecule has 0 unspecified atom stereocenters. The maximum Gasteiger partial charge on any atom is 0.325 e. The summed E-state index contributed by atoms with van der Waals surface area (Å²) in [4.78, 5) is 39.5. The van der Waals surface area contributed by atoms with Gasteiger partial charge in [-0.2, -0.15) is 0 Å². The molecule has 116 valence electrons. The average Bonchev–Trinajstić information content (AvgIpc) is 2.43. The van der Waals surface area contributed by atoms with E-state index in [4.69, 9.17) is 16.3 Å². The number of aromatic amines is 2. The molecule has 1 heterocycles. The van der Waals surface area contributed by atoms with Gasteiger partial charge in [0.15, 0.2) is 0 Å². The molecule has 0 bridgehead atoms. The number of aryl methyl sites for hydroxylation is 1. The Bertz CT molecular complexity index is 826. The zero-order valence-electron chi connectivity index (χ0n) is 12.0. The summed E-state index contributed by atoms with van der Waals surface area (Å²) < 4.78 is 5.13. The van der Waals surface area contributed by atoms with E-state index in [1.807, 2.05) is 0 Å². The Morgan fingerprint density at radius 2 is 2.05 bits per heavy atom. The number of hydrogen-bond acceptors (Lipinski definition) is 4. The van der Waals surface area contributed by atoms with Crippen molar-refractivity contribution in [1.29, 1.82) is 0 Å². The summed E-state index contributed by atoms with van der Waals surface area (Å²) >= 11 is 5.88. The first-order valence-electron chi connectivity index (χ1n) is 6.36. The van der Waals surface area contributed by atoms with Crippen LogP contribution in [-0.4, -0.2) is 23.0 Å². The van der Waals surface area contributed by atoms with E-state index in [-0.39, 0.29) is 12.0 Å². The predicted molar refractivity (Wildman–Crippen MR) is 82.8 cm³/mol. The Balaban J connectivity index is 2.23. The SMILES string of the molecule is COc1ccc(Cl)cc1NC(=O)Cc1c(C)[nH]c(=O)[nH]c1=O. The third-order valence-corrected chi connectivity index (χ3v) is 3.26. The van der Waals surface area contributed by atoms with Crippen LogP contribution in [0.15, 0.2) is 27.8 Å². The van der Waals surface area contributed by atoms with Gasteiger partial charge >= 0.3 is 5.69 Å². The summed E-state index contributed by atoms with van der Waals surface area (Å²) in [6.45, 7) is 1.55. The van der Waals surface area contributed by atoms with Gasteiger partial charge in [-0.3, -0.25) is 14.6 Å². The molecule has 8 heteroatoms. The van der Waals surface area contributed by atoms with E-state index in [2.05, 4.69) is 15.3 Å². The summed E-state index contributed by atoms with van der Waals surface area (Å²) in [6, 6.07) is 4.80. The first kappa shape index (κ1) is 15.8. The van der Waals surface area contributed by atoms with E-state index in [0.717, 1.165) is 0 Å². The molecule has 0 radical (unpaired) electrons. The molecule has 1 aromatic carbocycles. The number of rotatable bonds is 4. The normalized spacial score (nSPS) is 10.3. The zero-order valence-corrected chi connectivity index (χ0v) is 12.7. The van der Waals surface area contributed by atoms with Gasteiger partial charge in [0, 0.05) is 16.3 Å². The van der Waals surface area contributed by atoms with E-state index < -0.39 is 17.2 Å². The summed E-state index contributed by atoms with van der Waals surface area (Å²) in [5.74, 6) is 0.0195. The summed E-state index contributed by atoms with van der Waals surface area (Å²) in [7, 11) is 1.47. The standard InChI is InChI=1S/C14H14ClN3O4/c1-7-9(13(20)18-14(21)16-7)6-12(19)17-10-5-8(15)3-4-11(10)22-2/h3-5H,6H2,1-2H3,(H,17,19)(H2,16,18,20,21). The average molecular weight is 324 g/mol. The van der Waals surface area contributed by atoms with Gasteiger partial charge in [-0.15, -0.1) is 0 Å². The number of amides is 1. The molecule has 0 atom stereocenters. The molecule has 7 nitrogen and oxygen atoms in total. The van der Waals surface area contributed by atoms with Gasteiger partial charge in [0.25, 0.3) is 5.56 Å². The lowest BCUT2D eigenvalue weighted by atomic mass is 10.1. The Labute approximate surface area is 130 Å². The number of benzene rings is 1. The van der Waals surface area contributed by atoms with Crippen molar-refractivity contribution in [3.8, 4) is 5.75 Å². The molecular weight excluding hydrogens is 310 g/mol. The van der Waals surface area contributed by atoms with Gasteiger partial charge in [-0.05, 0) is 25.1 Å². The highest BCUT2D eigenvalue weighted by Crippen LogP contribution is 2.27. The van der Waals surface area contributed by atoms with Crippen LogP contribution in [-0.2, 0) is 11.2 Å². The topological polar surface area (TPSA) is 104 Å². The zero-order chi connectivity index (χ0) is 16.3. The number of nitrogens with one attached hydrogen (secondary N) is 3. The molecule has 0 spiro atoms. The van der Waals surface area contributed by atoms with Crippen LogP contribution in [0.1, 0.15) is 11.3 Å². The van der Waals surface area contributed by atoms with E-state index in [0.29, 0.717) is 22.2 Å². The highest BCUT2D eigenvalue weighted by molar-refractivity contribution is 6.31. The Hall–Kier alpha value is -2.54. The van der Waals surface area contributed by atoms with Crippen LogP contribution in [0.2, 0.25) is 5.02 Å². The fourth-order valence-corrected chi connectivity index (χ4v) is 2.14. The minimum absolute atomic E-state index is 0.187. The first-order valence-corrected chi connectivity index (χ1v) is 6.74. The number of aromatic nitrogens is 2. The molecular formula is C14H14ClN3O4. The molecule has 2 rings (SSSR count). The fraction of sp³-hybridized carbons (Fsp3) is 0.214. The maximum absolute atomic E-state index is 12.1. The third-order valence-electron chi connectivity index (χ3n) is 3.03. The molecule has 0 aliphatic heterocycles. The lowest BCUT2D eigenvalue weighted by Gasteiger charge is -2.11. The molecule has 0 saturated heterocycles. The van der Waals surface area contributed by atoms with Gasteiger partial charge < -0.3 is 15.0 Å². The van der Waals surface area contributed by atoms with Crippen LogP contribution in [0.5, 0.6) is 5.75 Å². The molecule has 0 fully saturated rings. The van der Waals surface area contributed by atoms with Gasteiger partial charge in [-0.25, -0.2) is 4.79 Å². The highest BCUT2D eigenvalue weighted by Gasteiger charge is 2.13. The number of carbonyl (C=O) groups excluding carboxylic acids is 1. The second-order valence-electron chi connectivity index (χ2n) is 4.58. The van der Waals surface area contributed by atoms with E-state index in [1.54, 1.807) is 25.1 Å². The molecule has 0 aliphatic rings. The second kappa shape index (κ2) is 6.48. The van der Waals surface area contributed by atoms with Gasteiger partial charge in [-0.1, -0.05) is 11.6 Å². The van der Waals surface area contributed by atoms with Crippen molar-refractivity contribution in [3.05, 3.63) is 55.3 Å². The number of hydrogen-bond donors (Lipinski definition) is 3. The number of H-pyrrole nitrogens is 2.